The number of hydrogen-bond donors (Lipinski definition) is 1. The van der Waals surface area contributed by atoms with Gasteiger partial charge in [0.25, 0.3) is 11.1 Å². The van der Waals surface area contributed by atoms with Crippen molar-refractivity contribution in [1.82, 2.24) is 19.5 Å². The second kappa shape index (κ2) is 7.75. The summed E-state index contributed by atoms with van der Waals surface area (Å²) in [7, 11) is 0. The molecule has 5 aromatic rings. The Kier molecular flexibility index (Phi) is 4.93. The number of hydrogen-bond acceptors (Lipinski definition) is 7. The van der Waals surface area contributed by atoms with Crippen molar-refractivity contribution >= 4 is 55.8 Å². The third-order valence-corrected chi connectivity index (χ3v) is 6.60. The number of furan rings is 1. The molecule has 0 unspecified atom stereocenters. The molecule has 0 aliphatic rings. The maximum Gasteiger partial charge on any atom is 0.268 e. The predicted molar refractivity (Wildman–Crippen MR) is 119 cm³/mol. The van der Waals surface area contributed by atoms with Crippen LogP contribution in [0.5, 0.6) is 0 Å². The fourth-order valence-electron chi connectivity index (χ4n) is 3.10. The molecule has 0 bridgehead atoms. The van der Waals surface area contributed by atoms with Crippen LogP contribution in [0.3, 0.4) is 0 Å². The molecule has 10 heteroatoms. The number of fused-ring (bicyclic) bond motifs is 2. The lowest BCUT2D eigenvalue weighted by molar-refractivity contribution is 0.476. The summed E-state index contributed by atoms with van der Waals surface area (Å²) in [6.07, 6.45) is 1.56. The zero-order chi connectivity index (χ0) is 20.7. The van der Waals surface area contributed by atoms with Gasteiger partial charge < -0.3 is 9.40 Å². The van der Waals surface area contributed by atoms with Crippen molar-refractivity contribution in [2.24, 2.45) is 0 Å². The van der Waals surface area contributed by atoms with Crippen LogP contribution in [0.4, 0.5) is 0 Å². The van der Waals surface area contributed by atoms with Crippen LogP contribution in [0, 0.1) is 0 Å². The summed E-state index contributed by atoms with van der Waals surface area (Å²) < 4.78 is 7.57. The highest BCUT2D eigenvalue weighted by molar-refractivity contribution is 7.98. The van der Waals surface area contributed by atoms with Crippen LogP contribution in [0.1, 0.15) is 11.6 Å². The van der Waals surface area contributed by atoms with Crippen molar-refractivity contribution in [3.8, 4) is 0 Å². The number of aromatic amines is 1. The first kappa shape index (κ1) is 19.1. The average molecular weight is 457 g/mol. The number of rotatable bonds is 5. The fraction of sp³-hybridized carbons (Fsp3) is 0.100. The zero-order valence-electron chi connectivity index (χ0n) is 15.3. The van der Waals surface area contributed by atoms with Crippen LogP contribution in [-0.2, 0) is 12.3 Å². The molecule has 1 aromatic carbocycles. The van der Waals surface area contributed by atoms with E-state index >= 15 is 0 Å². The van der Waals surface area contributed by atoms with Crippen molar-refractivity contribution in [3.63, 3.8) is 0 Å². The molecule has 0 spiro atoms. The van der Waals surface area contributed by atoms with Crippen molar-refractivity contribution in [2.45, 2.75) is 17.5 Å². The SMILES string of the molecule is O=c1[nH]c(CSc2nc3cc(Cl)ccc3c(=O)n2Cc2ccco2)nc2ccsc12. The molecule has 0 saturated carbocycles. The fourth-order valence-corrected chi connectivity index (χ4v) is 4.87. The summed E-state index contributed by atoms with van der Waals surface area (Å²) in [6, 6.07) is 10.4. The molecule has 1 N–H and O–H groups in total. The molecule has 0 radical (unpaired) electrons. The van der Waals surface area contributed by atoms with Crippen molar-refractivity contribution in [1.29, 1.82) is 0 Å². The Labute approximate surface area is 182 Å². The third-order valence-electron chi connectivity index (χ3n) is 4.48. The minimum Gasteiger partial charge on any atom is -0.467 e. The molecule has 0 fully saturated rings. The number of H-pyrrole nitrogens is 1. The van der Waals surface area contributed by atoms with Crippen molar-refractivity contribution < 1.29 is 4.42 Å². The minimum atomic E-state index is -0.190. The van der Waals surface area contributed by atoms with Gasteiger partial charge in [0.2, 0.25) is 0 Å². The maximum atomic E-state index is 13.1. The van der Waals surface area contributed by atoms with E-state index in [2.05, 4.69) is 15.0 Å². The number of thiophene rings is 1. The summed E-state index contributed by atoms with van der Waals surface area (Å²) in [6.45, 7) is 0.243. The molecule has 4 aromatic heterocycles. The molecule has 0 aliphatic heterocycles. The highest BCUT2D eigenvalue weighted by Crippen LogP contribution is 2.24. The number of halogens is 1. The molecule has 30 heavy (non-hydrogen) atoms. The standard InChI is InChI=1S/C20H13ClN4O3S2/c21-11-3-4-13-15(8-11)23-20(25(19(13)27)9-12-2-1-6-28-12)30-10-16-22-14-5-7-29-17(14)18(26)24-16/h1-8H,9-10H2,(H,22,24,26). The largest absolute Gasteiger partial charge is 0.467 e. The number of nitrogens with zero attached hydrogens (tertiary/aromatic N) is 3. The zero-order valence-corrected chi connectivity index (χ0v) is 17.7. The van der Waals surface area contributed by atoms with E-state index < -0.39 is 0 Å². The van der Waals surface area contributed by atoms with Gasteiger partial charge in [0.1, 0.15) is 16.3 Å². The van der Waals surface area contributed by atoms with Gasteiger partial charge in [-0.25, -0.2) is 9.97 Å². The van der Waals surface area contributed by atoms with Gasteiger partial charge in [0.05, 0.1) is 35.0 Å². The van der Waals surface area contributed by atoms with E-state index in [1.807, 2.05) is 11.4 Å². The minimum absolute atomic E-state index is 0.170. The van der Waals surface area contributed by atoms with Gasteiger partial charge in [-0.2, -0.15) is 0 Å². The molecule has 0 amide bonds. The van der Waals surface area contributed by atoms with E-state index in [0.29, 0.717) is 48.6 Å². The van der Waals surface area contributed by atoms with Gasteiger partial charge >= 0.3 is 0 Å². The van der Waals surface area contributed by atoms with Crippen LogP contribution in [0.25, 0.3) is 21.1 Å². The second-order valence-electron chi connectivity index (χ2n) is 6.46. The first-order valence-electron chi connectivity index (χ1n) is 8.90. The lowest BCUT2D eigenvalue weighted by Gasteiger charge is -2.12. The predicted octanol–water partition coefficient (Wildman–Crippen LogP) is 4.28. The first-order valence-corrected chi connectivity index (χ1v) is 11.1. The van der Waals surface area contributed by atoms with Gasteiger partial charge in [0.15, 0.2) is 5.16 Å². The summed E-state index contributed by atoms with van der Waals surface area (Å²) in [5.41, 5.74) is 0.813. The highest BCUT2D eigenvalue weighted by Gasteiger charge is 2.15. The van der Waals surface area contributed by atoms with Gasteiger partial charge in [0, 0.05) is 5.02 Å². The lowest BCUT2D eigenvalue weighted by atomic mass is 10.2. The van der Waals surface area contributed by atoms with Crippen LogP contribution >= 0.6 is 34.7 Å². The molecular weight excluding hydrogens is 444 g/mol. The summed E-state index contributed by atoms with van der Waals surface area (Å²) >= 11 is 8.76. The summed E-state index contributed by atoms with van der Waals surface area (Å²) in [5, 5.41) is 3.29. The van der Waals surface area contributed by atoms with Crippen LogP contribution < -0.4 is 11.1 Å². The quantitative estimate of drug-likeness (QED) is 0.313. The summed E-state index contributed by atoms with van der Waals surface area (Å²) in [4.78, 5) is 37.3. The number of benzene rings is 1. The number of nitrogens with one attached hydrogen (secondary N) is 1. The Morgan fingerprint density at radius 1 is 1.17 bits per heavy atom. The van der Waals surface area contributed by atoms with Gasteiger partial charge in [-0.15, -0.1) is 11.3 Å². The van der Waals surface area contributed by atoms with Gasteiger partial charge in [-0.05, 0) is 41.8 Å². The molecule has 5 rings (SSSR count). The van der Waals surface area contributed by atoms with E-state index in [1.54, 1.807) is 41.2 Å². The Morgan fingerprint density at radius 3 is 2.90 bits per heavy atom. The Balaban J connectivity index is 1.57. The monoisotopic (exact) mass is 456 g/mol. The summed E-state index contributed by atoms with van der Waals surface area (Å²) in [5.74, 6) is 1.50. The van der Waals surface area contributed by atoms with Gasteiger partial charge in [-0.3, -0.25) is 14.2 Å². The van der Waals surface area contributed by atoms with E-state index in [9.17, 15) is 9.59 Å². The highest BCUT2D eigenvalue weighted by atomic mass is 35.5. The average Bonchev–Trinajstić information content (AvgIpc) is 3.40. The van der Waals surface area contributed by atoms with Crippen LogP contribution in [-0.4, -0.2) is 19.5 Å². The molecule has 7 nitrogen and oxygen atoms in total. The van der Waals surface area contributed by atoms with Gasteiger partial charge in [-0.1, -0.05) is 23.4 Å². The third kappa shape index (κ3) is 3.55. The molecule has 4 heterocycles. The van der Waals surface area contributed by atoms with Crippen LogP contribution in [0.2, 0.25) is 5.02 Å². The Hall–Kier alpha value is -2.88. The van der Waals surface area contributed by atoms with E-state index in [1.165, 1.54) is 23.1 Å². The van der Waals surface area contributed by atoms with Crippen molar-refractivity contribution in [3.05, 3.63) is 85.4 Å². The second-order valence-corrected chi connectivity index (χ2v) is 8.76. The topological polar surface area (TPSA) is 93.8 Å². The normalized spacial score (nSPS) is 11.5. The van der Waals surface area contributed by atoms with E-state index in [4.69, 9.17) is 16.0 Å². The van der Waals surface area contributed by atoms with Crippen molar-refractivity contribution in [2.75, 3.05) is 0 Å². The Morgan fingerprint density at radius 2 is 2.07 bits per heavy atom. The molecule has 0 saturated heterocycles. The van der Waals surface area contributed by atoms with E-state index in [0.717, 1.165) is 0 Å². The number of aromatic nitrogens is 4. The van der Waals surface area contributed by atoms with E-state index in [-0.39, 0.29) is 17.7 Å². The lowest BCUT2D eigenvalue weighted by Crippen LogP contribution is -2.24. The molecule has 0 atom stereocenters. The first-order chi connectivity index (χ1) is 14.6. The molecular formula is C20H13ClN4O3S2. The molecule has 150 valence electrons. The maximum absolute atomic E-state index is 13.1. The Bertz CT molecular complexity index is 1490. The molecule has 0 aliphatic carbocycles. The smallest absolute Gasteiger partial charge is 0.268 e. The van der Waals surface area contributed by atoms with Crippen LogP contribution in [0.15, 0.2) is 67.2 Å². The number of thioether (sulfide) groups is 1.